The Morgan fingerprint density at radius 1 is 1.44 bits per heavy atom. The lowest BCUT2D eigenvalue weighted by Crippen LogP contribution is -2.35. The maximum absolute atomic E-state index is 11.7. The molecule has 0 aliphatic rings. The molecule has 0 aliphatic carbocycles. The number of hydrogen-bond donors (Lipinski definition) is 1. The molecule has 0 aliphatic heterocycles. The van der Waals surface area contributed by atoms with E-state index in [1.165, 1.54) is 14.0 Å². The molecule has 96 valence electrons. The van der Waals surface area contributed by atoms with Crippen molar-refractivity contribution in [2.24, 2.45) is 0 Å². The predicted octanol–water partition coefficient (Wildman–Crippen LogP) is 1.88. The molecule has 0 aromatic carbocycles. The molecule has 8 heteroatoms. The summed E-state index contributed by atoms with van der Waals surface area (Å²) in [5.74, 6) is -0.537. The summed E-state index contributed by atoms with van der Waals surface area (Å²) in [5.41, 5.74) is 0. The molecule has 0 amide bonds. The van der Waals surface area contributed by atoms with E-state index in [9.17, 15) is 9.36 Å². The fourth-order valence-corrected chi connectivity index (χ4v) is 2.21. The van der Waals surface area contributed by atoms with Crippen LogP contribution in [0.2, 0.25) is 0 Å². The highest BCUT2D eigenvalue weighted by atomic mass is 35.5. The Morgan fingerprint density at radius 3 is 2.38 bits per heavy atom. The van der Waals surface area contributed by atoms with Crippen LogP contribution in [-0.2, 0) is 23.1 Å². The Hall–Kier alpha value is -0.130. The molecule has 0 radical (unpaired) electrons. The quantitative estimate of drug-likeness (QED) is 0.434. The van der Waals surface area contributed by atoms with Gasteiger partial charge in [0.2, 0.25) is 0 Å². The Labute approximate surface area is 100 Å². The smallest absolute Gasteiger partial charge is 0.407 e. The second-order valence-corrected chi connectivity index (χ2v) is 5.35. The molecule has 0 aromatic heterocycles. The second-order valence-electron chi connectivity index (χ2n) is 3.25. The van der Waals surface area contributed by atoms with Crippen molar-refractivity contribution in [2.75, 3.05) is 13.2 Å². The SMILES string of the molecule is COP(=O)(NC(C)C(=O)OC(C)C)OCCl. The maximum atomic E-state index is 11.7. The summed E-state index contributed by atoms with van der Waals surface area (Å²) in [6.07, 6.45) is -0.243. The van der Waals surface area contributed by atoms with Crippen molar-refractivity contribution in [1.29, 1.82) is 0 Å². The third-order valence-electron chi connectivity index (χ3n) is 1.52. The molecule has 0 aromatic rings. The third-order valence-corrected chi connectivity index (χ3v) is 3.43. The van der Waals surface area contributed by atoms with Gasteiger partial charge in [-0.1, -0.05) is 11.6 Å². The van der Waals surface area contributed by atoms with Crippen molar-refractivity contribution in [3.63, 3.8) is 0 Å². The lowest BCUT2D eigenvalue weighted by Gasteiger charge is -2.20. The number of nitrogens with one attached hydrogen (secondary N) is 1. The minimum atomic E-state index is -3.54. The Bertz CT molecular complexity index is 273. The van der Waals surface area contributed by atoms with Crippen molar-refractivity contribution < 1.29 is 23.1 Å². The van der Waals surface area contributed by atoms with Gasteiger partial charge in [-0.05, 0) is 20.8 Å². The monoisotopic (exact) mass is 273 g/mol. The average molecular weight is 274 g/mol. The van der Waals surface area contributed by atoms with Crippen molar-refractivity contribution in [1.82, 2.24) is 5.09 Å². The number of carbonyl (C=O) groups excluding carboxylic acids is 1. The molecule has 2 atom stereocenters. The van der Waals surface area contributed by atoms with Crippen molar-refractivity contribution in [3.8, 4) is 0 Å². The first-order valence-corrected chi connectivity index (χ1v) is 6.77. The van der Waals surface area contributed by atoms with E-state index in [0.717, 1.165) is 0 Å². The van der Waals surface area contributed by atoms with Gasteiger partial charge in [0.25, 0.3) is 0 Å². The minimum Gasteiger partial charge on any atom is -0.462 e. The molecule has 0 saturated carbocycles. The van der Waals surface area contributed by atoms with Crippen LogP contribution < -0.4 is 5.09 Å². The molecule has 0 saturated heterocycles. The number of esters is 1. The number of alkyl halides is 1. The van der Waals surface area contributed by atoms with Crippen LogP contribution in [0.3, 0.4) is 0 Å². The van der Waals surface area contributed by atoms with Gasteiger partial charge in [-0.3, -0.25) is 9.32 Å². The highest BCUT2D eigenvalue weighted by Gasteiger charge is 2.29. The molecule has 0 rings (SSSR count). The topological polar surface area (TPSA) is 73.9 Å². The number of halogens is 1. The van der Waals surface area contributed by atoms with Gasteiger partial charge in [-0.25, -0.2) is 9.65 Å². The minimum absolute atomic E-state index is 0.243. The summed E-state index contributed by atoms with van der Waals surface area (Å²) in [6, 6.07) is -1.11. The molecule has 1 N–H and O–H groups in total. The summed E-state index contributed by atoms with van der Waals surface area (Å²) in [7, 11) is -2.34. The Balaban J connectivity index is 4.35. The van der Waals surface area contributed by atoms with E-state index in [1.807, 2.05) is 0 Å². The first-order chi connectivity index (χ1) is 7.34. The lowest BCUT2D eigenvalue weighted by molar-refractivity contribution is -0.149. The van der Waals surface area contributed by atoms with Gasteiger partial charge in [0.05, 0.1) is 6.10 Å². The van der Waals surface area contributed by atoms with Crippen molar-refractivity contribution in [2.45, 2.75) is 32.9 Å². The van der Waals surface area contributed by atoms with E-state index in [1.54, 1.807) is 13.8 Å². The highest BCUT2D eigenvalue weighted by molar-refractivity contribution is 7.51. The van der Waals surface area contributed by atoms with Gasteiger partial charge in [0.15, 0.2) is 0 Å². The van der Waals surface area contributed by atoms with Crippen LogP contribution in [0, 0.1) is 0 Å². The van der Waals surface area contributed by atoms with Crippen LogP contribution in [0.25, 0.3) is 0 Å². The molecule has 0 spiro atoms. The number of carbonyl (C=O) groups is 1. The average Bonchev–Trinajstić information content (AvgIpc) is 2.17. The normalized spacial score (nSPS) is 16.9. The van der Waals surface area contributed by atoms with Crippen LogP contribution in [0.15, 0.2) is 0 Å². The van der Waals surface area contributed by atoms with E-state index < -0.39 is 19.8 Å². The molecule has 0 heterocycles. The number of rotatable bonds is 7. The zero-order chi connectivity index (χ0) is 12.8. The summed E-state index contributed by atoms with van der Waals surface area (Å²) in [5, 5.41) is 2.40. The number of ether oxygens (including phenoxy) is 1. The van der Waals surface area contributed by atoms with E-state index in [4.69, 9.17) is 16.3 Å². The predicted molar refractivity (Wildman–Crippen MR) is 60.2 cm³/mol. The van der Waals surface area contributed by atoms with Crippen molar-refractivity contribution >= 4 is 25.3 Å². The highest BCUT2D eigenvalue weighted by Crippen LogP contribution is 2.43. The number of hydrogen-bond acceptors (Lipinski definition) is 5. The summed E-state index contributed by atoms with van der Waals surface area (Å²) >= 11 is 5.28. The lowest BCUT2D eigenvalue weighted by atomic mass is 10.4. The fourth-order valence-electron chi connectivity index (χ4n) is 0.831. The first kappa shape index (κ1) is 15.9. The van der Waals surface area contributed by atoms with Crippen LogP contribution in [-0.4, -0.2) is 31.3 Å². The van der Waals surface area contributed by atoms with E-state index in [-0.39, 0.29) is 12.2 Å². The van der Waals surface area contributed by atoms with E-state index in [0.29, 0.717) is 0 Å². The second kappa shape index (κ2) is 7.25. The molecular formula is C8H17ClNO5P. The summed E-state index contributed by atoms with van der Waals surface area (Å²) in [6.45, 7) is 4.93. The van der Waals surface area contributed by atoms with Crippen LogP contribution in [0.5, 0.6) is 0 Å². The summed E-state index contributed by atoms with van der Waals surface area (Å²) < 4.78 is 26.0. The van der Waals surface area contributed by atoms with Gasteiger partial charge >= 0.3 is 13.7 Å². The van der Waals surface area contributed by atoms with Crippen molar-refractivity contribution in [3.05, 3.63) is 0 Å². The zero-order valence-corrected chi connectivity index (χ0v) is 11.4. The third kappa shape index (κ3) is 5.82. The van der Waals surface area contributed by atoms with Gasteiger partial charge in [-0.2, -0.15) is 0 Å². The zero-order valence-electron chi connectivity index (χ0n) is 9.73. The standard InChI is InChI=1S/C8H17ClNO5P/c1-6(2)15-8(11)7(3)10-16(12,13-4)14-5-9/h6-7H,5H2,1-4H3,(H,10,12). The van der Waals surface area contributed by atoms with Gasteiger partial charge in [0, 0.05) is 7.11 Å². The molecular weight excluding hydrogens is 257 g/mol. The summed E-state index contributed by atoms with van der Waals surface area (Å²) in [4.78, 5) is 11.4. The van der Waals surface area contributed by atoms with E-state index in [2.05, 4.69) is 14.1 Å². The molecule has 0 bridgehead atoms. The first-order valence-electron chi connectivity index (χ1n) is 4.69. The molecule has 16 heavy (non-hydrogen) atoms. The van der Waals surface area contributed by atoms with Crippen LogP contribution in [0.1, 0.15) is 20.8 Å². The Kier molecular flexibility index (Phi) is 7.19. The molecule has 2 unspecified atom stereocenters. The van der Waals surface area contributed by atoms with Gasteiger partial charge in [0.1, 0.15) is 12.1 Å². The Morgan fingerprint density at radius 2 is 2.00 bits per heavy atom. The molecule has 0 fully saturated rings. The largest absolute Gasteiger partial charge is 0.462 e. The van der Waals surface area contributed by atoms with Gasteiger partial charge in [-0.15, -0.1) is 0 Å². The fraction of sp³-hybridized carbons (Fsp3) is 0.875. The van der Waals surface area contributed by atoms with Crippen LogP contribution >= 0.6 is 19.3 Å². The van der Waals surface area contributed by atoms with Crippen LogP contribution in [0.4, 0.5) is 0 Å². The van der Waals surface area contributed by atoms with Gasteiger partial charge < -0.3 is 9.26 Å². The maximum Gasteiger partial charge on any atom is 0.407 e. The molecule has 6 nitrogen and oxygen atoms in total. The van der Waals surface area contributed by atoms with E-state index >= 15 is 0 Å².